The Balaban J connectivity index is 2.39. The maximum absolute atomic E-state index is 11.6. The van der Waals surface area contributed by atoms with Crippen LogP contribution in [0.5, 0.6) is 5.75 Å². The van der Waals surface area contributed by atoms with Gasteiger partial charge in [0.15, 0.2) is 0 Å². The molecule has 1 atom stereocenters. The molecule has 0 bridgehead atoms. The first-order chi connectivity index (χ1) is 7.97. The monoisotopic (exact) mass is 236 g/mol. The molecule has 0 saturated carbocycles. The Morgan fingerprint density at radius 1 is 1.41 bits per heavy atom. The molecular formula is C11H12N2O4. The number of carbonyl (C=O) groups excluding carboxylic acids is 1. The zero-order valence-electron chi connectivity index (χ0n) is 8.96. The van der Waals surface area contributed by atoms with Crippen molar-refractivity contribution in [2.24, 2.45) is 5.73 Å². The molecule has 1 aliphatic rings. The van der Waals surface area contributed by atoms with Crippen molar-refractivity contribution in [2.75, 3.05) is 11.4 Å². The molecular weight excluding hydrogens is 224 g/mol. The minimum absolute atomic E-state index is 0.0618. The molecule has 1 fully saturated rings. The zero-order chi connectivity index (χ0) is 12.6. The third kappa shape index (κ3) is 2.21. The van der Waals surface area contributed by atoms with E-state index in [1.54, 1.807) is 0 Å². The van der Waals surface area contributed by atoms with Gasteiger partial charge in [0, 0.05) is 30.8 Å². The maximum Gasteiger partial charge on any atom is 0.335 e. The summed E-state index contributed by atoms with van der Waals surface area (Å²) in [7, 11) is 0. The molecule has 1 unspecified atom stereocenters. The van der Waals surface area contributed by atoms with Crippen LogP contribution >= 0.6 is 0 Å². The van der Waals surface area contributed by atoms with Crippen LogP contribution in [0.2, 0.25) is 0 Å². The molecule has 6 nitrogen and oxygen atoms in total. The van der Waals surface area contributed by atoms with Gasteiger partial charge in [0.1, 0.15) is 5.75 Å². The summed E-state index contributed by atoms with van der Waals surface area (Å²) in [6, 6.07) is 3.57. The van der Waals surface area contributed by atoms with Gasteiger partial charge < -0.3 is 20.8 Å². The van der Waals surface area contributed by atoms with Crippen LogP contribution in [0, 0.1) is 0 Å². The number of phenolic OH excluding ortho intramolecular Hbond substituents is 1. The predicted octanol–water partition coefficient (Wildman–Crippen LogP) is 0.154. The number of anilines is 1. The third-order valence-electron chi connectivity index (χ3n) is 2.62. The van der Waals surface area contributed by atoms with E-state index in [1.807, 2.05) is 0 Å². The number of nitrogens with zero attached hydrogens (tertiary/aromatic N) is 1. The highest BCUT2D eigenvalue weighted by Crippen LogP contribution is 2.26. The summed E-state index contributed by atoms with van der Waals surface area (Å²) >= 11 is 0. The Hall–Kier alpha value is -2.08. The Kier molecular flexibility index (Phi) is 2.72. The average molecular weight is 236 g/mol. The lowest BCUT2D eigenvalue weighted by molar-refractivity contribution is -0.117. The van der Waals surface area contributed by atoms with Crippen LogP contribution in [0.15, 0.2) is 18.2 Å². The second kappa shape index (κ2) is 4.06. The summed E-state index contributed by atoms with van der Waals surface area (Å²) in [5.74, 6) is -1.51. The van der Waals surface area contributed by atoms with Gasteiger partial charge in [-0.2, -0.15) is 0 Å². The minimum Gasteiger partial charge on any atom is -0.508 e. The summed E-state index contributed by atoms with van der Waals surface area (Å²) in [5.41, 5.74) is 5.95. The molecule has 0 aromatic heterocycles. The first-order valence-corrected chi connectivity index (χ1v) is 5.10. The second-order valence-electron chi connectivity index (χ2n) is 4.01. The van der Waals surface area contributed by atoms with Gasteiger partial charge in [-0.25, -0.2) is 4.79 Å². The van der Waals surface area contributed by atoms with Crippen molar-refractivity contribution in [3.8, 4) is 5.75 Å². The van der Waals surface area contributed by atoms with Gasteiger partial charge in [-0.05, 0) is 12.1 Å². The maximum atomic E-state index is 11.6. The molecule has 0 radical (unpaired) electrons. The van der Waals surface area contributed by atoms with Gasteiger partial charge in [-0.1, -0.05) is 0 Å². The van der Waals surface area contributed by atoms with E-state index < -0.39 is 5.97 Å². The van der Waals surface area contributed by atoms with Crippen molar-refractivity contribution in [1.82, 2.24) is 0 Å². The Morgan fingerprint density at radius 2 is 2.12 bits per heavy atom. The molecule has 1 aromatic carbocycles. The molecule has 17 heavy (non-hydrogen) atoms. The highest BCUT2D eigenvalue weighted by molar-refractivity contribution is 5.98. The summed E-state index contributed by atoms with van der Waals surface area (Å²) in [4.78, 5) is 23.8. The van der Waals surface area contributed by atoms with Crippen molar-refractivity contribution in [2.45, 2.75) is 12.5 Å². The summed E-state index contributed by atoms with van der Waals surface area (Å²) in [6.07, 6.45) is 0.234. The zero-order valence-corrected chi connectivity index (χ0v) is 8.96. The number of hydrogen-bond acceptors (Lipinski definition) is 4. The van der Waals surface area contributed by atoms with Crippen LogP contribution in [-0.2, 0) is 4.79 Å². The van der Waals surface area contributed by atoms with Gasteiger partial charge in [0.2, 0.25) is 5.91 Å². The minimum atomic E-state index is -1.15. The summed E-state index contributed by atoms with van der Waals surface area (Å²) < 4.78 is 0. The molecule has 1 aromatic rings. The lowest BCUT2D eigenvalue weighted by atomic mass is 10.2. The molecule has 0 spiro atoms. The smallest absolute Gasteiger partial charge is 0.335 e. The number of carboxylic acids is 1. The first kappa shape index (κ1) is 11.4. The average Bonchev–Trinajstić information content (AvgIpc) is 2.57. The van der Waals surface area contributed by atoms with E-state index in [2.05, 4.69) is 0 Å². The van der Waals surface area contributed by atoms with Gasteiger partial charge in [0.05, 0.1) is 5.56 Å². The normalized spacial score (nSPS) is 19.7. The van der Waals surface area contributed by atoms with Crippen LogP contribution in [-0.4, -0.2) is 34.7 Å². The molecule has 1 aliphatic heterocycles. The number of nitrogens with two attached hydrogens (primary N) is 1. The van der Waals surface area contributed by atoms with Crippen LogP contribution in [0.3, 0.4) is 0 Å². The fourth-order valence-electron chi connectivity index (χ4n) is 1.86. The van der Waals surface area contributed by atoms with E-state index in [-0.39, 0.29) is 29.7 Å². The molecule has 6 heteroatoms. The fraction of sp³-hybridized carbons (Fsp3) is 0.273. The van der Waals surface area contributed by atoms with Gasteiger partial charge in [-0.3, -0.25) is 4.79 Å². The molecule has 0 aliphatic carbocycles. The number of carbonyl (C=O) groups is 2. The highest BCUT2D eigenvalue weighted by atomic mass is 16.4. The lowest BCUT2D eigenvalue weighted by Crippen LogP contribution is -2.28. The Bertz CT molecular complexity index is 486. The van der Waals surface area contributed by atoms with Crippen molar-refractivity contribution in [3.05, 3.63) is 23.8 Å². The highest BCUT2D eigenvalue weighted by Gasteiger charge is 2.28. The largest absolute Gasteiger partial charge is 0.508 e. The SMILES string of the molecule is NC1CC(=O)N(c2cc(O)cc(C(=O)O)c2)C1. The molecule has 1 heterocycles. The summed E-state index contributed by atoms with van der Waals surface area (Å²) in [6.45, 7) is 0.335. The predicted molar refractivity (Wildman–Crippen MR) is 60.0 cm³/mol. The van der Waals surface area contributed by atoms with E-state index in [0.717, 1.165) is 6.07 Å². The molecule has 1 amide bonds. The number of hydrogen-bond donors (Lipinski definition) is 3. The van der Waals surface area contributed by atoms with Crippen molar-refractivity contribution >= 4 is 17.6 Å². The number of rotatable bonds is 2. The molecule has 2 rings (SSSR count). The molecule has 90 valence electrons. The fourth-order valence-corrected chi connectivity index (χ4v) is 1.86. The van der Waals surface area contributed by atoms with E-state index in [0.29, 0.717) is 12.2 Å². The number of carboxylic acid groups (broad SMARTS) is 1. The lowest BCUT2D eigenvalue weighted by Gasteiger charge is -2.16. The number of benzene rings is 1. The quantitative estimate of drug-likeness (QED) is 0.678. The topological polar surface area (TPSA) is 104 Å². The molecule has 4 N–H and O–H groups in total. The van der Waals surface area contributed by atoms with Gasteiger partial charge in [-0.15, -0.1) is 0 Å². The standard InChI is InChI=1S/C11H12N2O4/c12-7-3-10(15)13(5-7)8-1-6(11(16)17)2-9(14)4-8/h1-2,4,7,14H,3,5,12H2,(H,16,17). The van der Waals surface area contributed by atoms with Crippen LogP contribution < -0.4 is 10.6 Å². The number of phenols is 1. The van der Waals surface area contributed by atoms with E-state index in [4.69, 9.17) is 10.8 Å². The van der Waals surface area contributed by atoms with E-state index in [9.17, 15) is 14.7 Å². The van der Waals surface area contributed by atoms with Crippen molar-refractivity contribution in [3.63, 3.8) is 0 Å². The first-order valence-electron chi connectivity index (χ1n) is 5.10. The number of aromatic carboxylic acids is 1. The van der Waals surface area contributed by atoms with E-state index in [1.165, 1.54) is 17.0 Å². The Labute approximate surface area is 97.3 Å². The molecule has 1 saturated heterocycles. The van der Waals surface area contributed by atoms with Gasteiger partial charge in [0.25, 0.3) is 0 Å². The van der Waals surface area contributed by atoms with Crippen LogP contribution in [0.25, 0.3) is 0 Å². The third-order valence-corrected chi connectivity index (χ3v) is 2.62. The van der Waals surface area contributed by atoms with Crippen LogP contribution in [0.1, 0.15) is 16.8 Å². The number of amides is 1. The van der Waals surface area contributed by atoms with Crippen molar-refractivity contribution in [1.29, 1.82) is 0 Å². The Morgan fingerprint density at radius 3 is 2.65 bits per heavy atom. The second-order valence-corrected chi connectivity index (χ2v) is 4.01. The van der Waals surface area contributed by atoms with Crippen molar-refractivity contribution < 1.29 is 19.8 Å². The number of aromatic hydroxyl groups is 1. The van der Waals surface area contributed by atoms with Gasteiger partial charge >= 0.3 is 5.97 Å². The van der Waals surface area contributed by atoms with Crippen LogP contribution in [0.4, 0.5) is 5.69 Å². The summed E-state index contributed by atoms with van der Waals surface area (Å²) in [5, 5.41) is 18.3. The van der Waals surface area contributed by atoms with E-state index >= 15 is 0 Å².